The van der Waals surface area contributed by atoms with E-state index < -0.39 is 25.1 Å². The number of anilines is 2. The van der Waals surface area contributed by atoms with Crippen LogP contribution >= 0.6 is 27.5 Å². The van der Waals surface area contributed by atoms with E-state index in [0.717, 1.165) is 18.0 Å². The monoisotopic (exact) mass is 624 g/mol. The van der Waals surface area contributed by atoms with Gasteiger partial charge in [0.05, 0.1) is 23.5 Å². The van der Waals surface area contributed by atoms with Gasteiger partial charge in [0.1, 0.15) is 4.90 Å². The number of hydrogen-bond donors (Lipinski definition) is 0. The van der Waals surface area contributed by atoms with Crippen molar-refractivity contribution in [2.75, 3.05) is 67.3 Å². The van der Waals surface area contributed by atoms with Gasteiger partial charge >= 0.3 is 0 Å². The molecule has 36 heavy (non-hydrogen) atoms. The molecular formula is C21H26BrClN4O7S2. The van der Waals surface area contributed by atoms with Crippen molar-refractivity contribution < 1.29 is 25.9 Å². The molecule has 0 N–H and O–H groups in total. The summed E-state index contributed by atoms with van der Waals surface area (Å²) in [6, 6.07) is 10.9. The highest BCUT2D eigenvalue weighted by Gasteiger charge is 2.33. The van der Waals surface area contributed by atoms with Crippen molar-refractivity contribution in [3.8, 4) is 0 Å². The average Bonchev–Trinajstić information content (AvgIpc) is 2.82. The number of nitrogens with zero attached hydrogens (tertiary/aromatic N) is 4. The second kappa shape index (κ2) is 12.0. The van der Waals surface area contributed by atoms with Crippen LogP contribution in [0.2, 0.25) is 5.02 Å². The molecule has 0 aliphatic carbocycles. The first-order chi connectivity index (χ1) is 16.9. The third-order valence-electron chi connectivity index (χ3n) is 5.54. The van der Waals surface area contributed by atoms with Crippen molar-refractivity contribution in [2.45, 2.75) is 4.90 Å². The van der Waals surface area contributed by atoms with E-state index in [1.165, 1.54) is 16.4 Å². The van der Waals surface area contributed by atoms with Gasteiger partial charge in [-0.25, -0.2) is 8.42 Å². The fourth-order valence-electron chi connectivity index (χ4n) is 3.84. The van der Waals surface area contributed by atoms with Crippen molar-refractivity contribution >= 4 is 64.7 Å². The molecule has 1 aliphatic heterocycles. The van der Waals surface area contributed by atoms with Crippen molar-refractivity contribution in [1.82, 2.24) is 4.31 Å². The molecule has 0 aromatic heterocycles. The fourth-order valence-corrected chi connectivity index (χ4v) is 6.48. The molecule has 0 spiro atoms. The molecule has 0 atom stereocenters. The van der Waals surface area contributed by atoms with Gasteiger partial charge in [0.2, 0.25) is 10.0 Å². The number of rotatable bonds is 11. The Balaban J connectivity index is 1.90. The summed E-state index contributed by atoms with van der Waals surface area (Å²) in [6.07, 6.45) is 0.923. The quantitative estimate of drug-likeness (QED) is 0.160. The van der Waals surface area contributed by atoms with Gasteiger partial charge in [0.25, 0.3) is 15.8 Å². The predicted octanol–water partition coefficient (Wildman–Crippen LogP) is 2.94. The van der Waals surface area contributed by atoms with Crippen LogP contribution in [-0.4, -0.2) is 83.5 Å². The molecular weight excluding hydrogens is 600 g/mol. The van der Waals surface area contributed by atoms with Crippen molar-refractivity contribution in [1.29, 1.82) is 0 Å². The van der Waals surface area contributed by atoms with E-state index in [0.29, 0.717) is 30.0 Å². The summed E-state index contributed by atoms with van der Waals surface area (Å²) in [6.45, 7) is 1.34. The van der Waals surface area contributed by atoms with Crippen LogP contribution in [0.4, 0.5) is 17.1 Å². The lowest BCUT2D eigenvalue weighted by Crippen LogP contribution is -2.49. The number of non-ortho nitro benzene ring substituents is 1. The van der Waals surface area contributed by atoms with Gasteiger partial charge in [-0.05, 0) is 24.3 Å². The van der Waals surface area contributed by atoms with Crippen LogP contribution in [0.1, 0.15) is 0 Å². The zero-order valence-electron chi connectivity index (χ0n) is 19.4. The Labute approximate surface area is 224 Å². The van der Waals surface area contributed by atoms with E-state index in [9.17, 15) is 26.9 Å². The van der Waals surface area contributed by atoms with Crippen LogP contribution < -0.4 is 9.80 Å². The Morgan fingerprint density at radius 2 is 1.78 bits per heavy atom. The summed E-state index contributed by atoms with van der Waals surface area (Å²) in [5, 5.41) is 12.5. The lowest BCUT2D eigenvalue weighted by atomic mass is 10.2. The second-order valence-electron chi connectivity index (χ2n) is 7.98. The molecule has 1 fully saturated rings. The molecule has 2 aromatic rings. The van der Waals surface area contributed by atoms with Gasteiger partial charge in [-0.2, -0.15) is 12.7 Å². The van der Waals surface area contributed by atoms with Gasteiger partial charge in [0.15, 0.2) is 0 Å². The number of nitro benzene ring substituents is 1. The van der Waals surface area contributed by atoms with Crippen LogP contribution in [0, 0.1) is 10.1 Å². The van der Waals surface area contributed by atoms with Crippen LogP contribution in [0.5, 0.6) is 0 Å². The van der Waals surface area contributed by atoms with Gasteiger partial charge in [-0.1, -0.05) is 33.6 Å². The molecule has 1 aliphatic rings. The number of alkyl halides is 1. The summed E-state index contributed by atoms with van der Waals surface area (Å²) < 4.78 is 56.3. The normalized spacial score (nSPS) is 15.1. The van der Waals surface area contributed by atoms with E-state index in [2.05, 4.69) is 15.9 Å². The molecule has 2 aromatic carbocycles. The minimum atomic E-state index is -4.12. The molecule has 3 rings (SSSR count). The number of piperazine rings is 1. The summed E-state index contributed by atoms with van der Waals surface area (Å²) in [5.41, 5.74) is 0.750. The molecule has 0 saturated carbocycles. The first-order valence-electron chi connectivity index (χ1n) is 10.9. The van der Waals surface area contributed by atoms with E-state index in [4.69, 9.17) is 15.8 Å². The van der Waals surface area contributed by atoms with Crippen LogP contribution in [-0.2, 0) is 24.3 Å². The minimum absolute atomic E-state index is 0.0571. The average molecular weight is 626 g/mol. The maximum Gasteiger partial charge on any atom is 0.270 e. The third-order valence-corrected chi connectivity index (χ3v) is 8.65. The smallest absolute Gasteiger partial charge is 0.270 e. The minimum Gasteiger partial charge on any atom is -0.369 e. The maximum absolute atomic E-state index is 13.7. The highest BCUT2D eigenvalue weighted by atomic mass is 79.9. The Kier molecular flexibility index (Phi) is 9.57. The molecule has 1 heterocycles. The number of halogens is 2. The number of benzene rings is 2. The largest absolute Gasteiger partial charge is 0.369 e. The molecule has 15 heteroatoms. The second-order valence-corrected chi connectivity index (χ2v) is 12.8. The summed E-state index contributed by atoms with van der Waals surface area (Å²) in [7, 11) is -7.81. The van der Waals surface area contributed by atoms with E-state index >= 15 is 0 Å². The molecule has 0 amide bonds. The first kappa shape index (κ1) is 28.6. The van der Waals surface area contributed by atoms with E-state index in [1.54, 1.807) is 17.0 Å². The van der Waals surface area contributed by atoms with Crippen molar-refractivity contribution in [3.05, 3.63) is 57.6 Å². The zero-order valence-corrected chi connectivity index (χ0v) is 23.4. The molecule has 0 unspecified atom stereocenters. The lowest BCUT2D eigenvalue weighted by Gasteiger charge is -2.36. The molecule has 0 radical (unpaired) electrons. The molecule has 0 bridgehead atoms. The lowest BCUT2D eigenvalue weighted by molar-refractivity contribution is -0.385. The Morgan fingerprint density at radius 1 is 1.08 bits per heavy atom. The maximum atomic E-state index is 13.7. The SMILES string of the molecule is CS(=O)(=O)OCCN(CCBr)c1ccc([N+](=O)[O-])cc1S(=O)(=O)N1CCN(c2cccc(Cl)c2)CC1. The van der Waals surface area contributed by atoms with Crippen molar-refractivity contribution in [2.24, 2.45) is 0 Å². The molecule has 198 valence electrons. The Morgan fingerprint density at radius 3 is 2.36 bits per heavy atom. The topological polar surface area (TPSA) is 130 Å². The standard InChI is InChI=1S/C21H26BrClN4O7S2/c1-35(30,31)34-14-13-25(8-7-22)20-6-5-19(27(28)29)16-21(20)36(32,33)26-11-9-24(10-12-26)18-4-2-3-17(23)15-18/h2-6,15-16H,7-14H2,1H3. The van der Waals surface area contributed by atoms with Gasteiger partial charge < -0.3 is 9.80 Å². The Hall–Kier alpha value is -1.97. The van der Waals surface area contributed by atoms with Gasteiger partial charge in [0, 0.05) is 67.4 Å². The van der Waals surface area contributed by atoms with E-state index in [-0.39, 0.29) is 42.5 Å². The summed E-state index contributed by atoms with van der Waals surface area (Å²) in [5.74, 6) is 0. The zero-order chi connectivity index (χ0) is 26.5. The highest BCUT2D eigenvalue weighted by molar-refractivity contribution is 9.09. The van der Waals surface area contributed by atoms with Gasteiger partial charge in [-0.3, -0.25) is 14.3 Å². The van der Waals surface area contributed by atoms with Crippen LogP contribution in [0.3, 0.4) is 0 Å². The van der Waals surface area contributed by atoms with E-state index in [1.807, 2.05) is 17.0 Å². The third kappa shape index (κ3) is 7.29. The predicted molar refractivity (Wildman–Crippen MR) is 142 cm³/mol. The first-order valence-corrected chi connectivity index (χ1v) is 15.6. The molecule has 11 nitrogen and oxygen atoms in total. The van der Waals surface area contributed by atoms with Gasteiger partial charge in [-0.15, -0.1) is 0 Å². The fraction of sp³-hybridized carbons (Fsp3) is 0.429. The summed E-state index contributed by atoms with van der Waals surface area (Å²) in [4.78, 5) is 14.2. The van der Waals surface area contributed by atoms with Crippen molar-refractivity contribution in [3.63, 3.8) is 0 Å². The molecule has 1 saturated heterocycles. The van der Waals surface area contributed by atoms with Crippen LogP contribution in [0.25, 0.3) is 0 Å². The number of sulfonamides is 1. The highest BCUT2D eigenvalue weighted by Crippen LogP contribution is 2.33. The summed E-state index contributed by atoms with van der Waals surface area (Å²) >= 11 is 9.40. The van der Waals surface area contributed by atoms with Crippen LogP contribution in [0.15, 0.2) is 47.4 Å². The number of nitro groups is 1. The number of hydrogen-bond acceptors (Lipinski definition) is 9. The Bertz CT molecular complexity index is 1300.